The summed E-state index contributed by atoms with van der Waals surface area (Å²) in [5, 5.41) is 7.71. The van der Waals surface area contributed by atoms with E-state index in [4.69, 9.17) is 0 Å². The molecule has 0 atom stereocenters. The number of nitrogens with one attached hydrogen (secondary N) is 1. The number of rotatable bonds is 3. The molecule has 22 heavy (non-hydrogen) atoms. The quantitative estimate of drug-likeness (QED) is 0.695. The van der Waals surface area contributed by atoms with E-state index < -0.39 is 0 Å². The molecule has 3 rings (SSSR count). The number of anilines is 1. The largest absolute Gasteiger partial charge is 0.353 e. The van der Waals surface area contributed by atoms with Crippen molar-refractivity contribution in [2.24, 2.45) is 4.99 Å². The lowest BCUT2D eigenvalue weighted by atomic mass is 10.3. The fourth-order valence-corrected chi connectivity index (χ4v) is 3.26. The van der Waals surface area contributed by atoms with Crippen LogP contribution in [0.4, 0.5) is 5.82 Å². The topological polar surface area (TPSA) is 43.8 Å². The summed E-state index contributed by atoms with van der Waals surface area (Å²) in [5.74, 6) is 2.04. The van der Waals surface area contributed by atoms with E-state index in [1.54, 1.807) is 11.3 Å². The van der Waals surface area contributed by atoms with E-state index in [2.05, 4.69) is 48.0 Å². The van der Waals surface area contributed by atoms with Crippen LogP contribution in [0.5, 0.6) is 0 Å². The predicted octanol–water partition coefficient (Wildman–Crippen LogP) is 2.04. The van der Waals surface area contributed by atoms with Gasteiger partial charge in [0.15, 0.2) is 5.96 Å². The first-order chi connectivity index (χ1) is 10.9. The third-order valence-corrected chi connectivity index (χ3v) is 4.53. The third kappa shape index (κ3) is 3.57. The average molecular weight is 315 g/mol. The van der Waals surface area contributed by atoms with Crippen molar-refractivity contribution in [3.63, 3.8) is 0 Å². The molecule has 5 nitrogen and oxygen atoms in total. The Balaban J connectivity index is 1.53. The Labute approximate surface area is 135 Å². The monoisotopic (exact) mass is 315 g/mol. The first-order valence-electron chi connectivity index (χ1n) is 7.49. The Morgan fingerprint density at radius 1 is 1.27 bits per heavy atom. The van der Waals surface area contributed by atoms with Crippen LogP contribution in [0.25, 0.3) is 0 Å². The van der Waals surface area contributed by atoms with E-state index in [-0.39, 0.29) is 0 Å². The van der Waals surface area contributed by atoms with Crippen molar-refractivity contribution >= 4 is 23.1 Å². The summed E-state index contributed by atoms with van der Waals surface area (Å²) in [4.78, 5) is 13.5. The highest BCUT2D eigenvalue weighted by Gasteiger charge is 2.20. The number of thiophene rings is 1. The second-order valence-electron chi connectivity index (χ2n) is 5.19. The zero-order valence-corrected chi connectivity index (χ0v) is 13.6. The van der Waals surface area contributed by atoms with Gasteiger partial charge >= 0.3 is 0 Å². The molecular formula is C16H21N5S. The number of guanidine groups is 1. The number of hydrogen-bond acceptors (Lipinski definition) is 4. The summed E-state index contributed by atoms with van der Waals surface area (Å²) in [5.41, 5.74) is 1.30. The summed E-state index contributed by atoms with van der Waals surface area (Å²) >= 11 is 1.73. The summed E-state index contributed by atoms with van der Waals surface area (Å²) in [6.45, 7) is 4.68. The van der Waals surface area contributed by atoms with Crippen molar-refractivity contribution in [3.8, 4) is 0 Å². The van der Waals surface area contributed by atoms with Gasteiger partial charge in [0.25, 0.3) is 0 Å². The highest BCUT2D eigenvalue weighted by molar-refractivity contribution is 7.07. The molecule has 2 aromatic heterocycles. The van der Waals surface area contributed by atoms with Gasteiger partial charge in [-0.3, -0.25) is 4.99 Å². The zero-order chi connectivity index (χ0) is 15.2. The number of aromatic nitrogens is 1. The molecule has 0 spiro atoms. The first kappa shape index (κ1) is 14.8. The molecule has 0 radical (unpaired) electrons. The molecule has 1 saturated heterocycles. The fraction of sp³-hybridized carbons (Fsp3) is 0.375. The lowest BCUT2D eigenvalue weighted by molar-refractivity contribution is 0.371. The van der Waals surface area contributed by atoms with E-state index >= 15 is 0 Å². The molecule has 1 N–H and O–H groups in total. The van der Waals surface area contributed by atoms with Gasteiger partial charge in [0, 0.05) is 46.0 Å². The third-order valence-electron chi connectivity index (χ3n) is 3.80. The Kier molecular flexibility index (Phi) is 4.90. The lowest BCUT2D eigenvalue weighted by Crippen LogP contribution is -2.52. The molecule has 2 aromatic rings. The van der Waals surface area contributed by atoms with Crippen molar-refractivity contribution in [2.45, 2.75) is 6.54 Å². The lowest BCUT2D eigenvalue weighted by Gasteiger charge is -2.37. The molecule has 3 heterocycles. The summed E-state index contributed by atoms with van der Waals surface area (Å²) in [6, 6.07) is 8.20. The average Bonchev–Trinajstić information content (AvgIpc) is 3.10. The SMILES string of the molecule is CN=C(NCc1ccsc1)N1CCN(c2ccccn2)CC1. The molecule has 0 unspecified atom stereocenters. The summed E-state index contributed by atoms with van der Waals surface area (Å²) < 4.78 is 0. The van der Waals surface area contributed by atoms with Gasteiger partial charge in [0.1, 0.15) is 5.82 Å². The summed E-state index contributed by atoms with van der Waals surface area (Å²) in [7, 11) is 1.85. The maximum Gasteiger partial charge on any atom is 0.194 e. The van der Waals surface area contributed by atoms with Gasteiger partial charge in [-0.05, 0) is 34.5 Å². The van der Waals surface area contributed by atoms with E-state index in [1.807, 2.05) is 25.4 Å². The van der Waals surface area contributed by atoms with Crippen LogP contribution < -0.4 is 10.2 Å². The van der Waals surface area contributed by atoms with Crippen LogP contribution in [0.3, 0.4) is 0 Å². The predicted molar refractivity (Wildman–Crippen MR) is 92.5 cm³/mol. The van der Waals surface area contributed by atoms with Crippen LogP contribution in [0.2, 0.25) is 0 Å². The summed E-state index contributed by atoms with van der Waals surface area (Å²) in [6.07, 6.45) is 1.85. The Morgan fingerprint density at radius 2 is 2.14 bits per heavy atom. The molecule has 1 fully saturated rings. The van der Waals surface area contributed by atoms with Crippen LogP contribution >= 0.6 is 11.3 Å². The van der Waals surface area contributed by atoms with Gasteiger partial charge in [-0.2, -0.15) is 11.3 Å². The normalized spacial score (nSPS) is 16.0. The molecule has 0 amide bonds. The van der Waals surface area contributed by atoms with Crippen molar-refractivity contribution < 1.29 is 0 Å². The standard InChI is InChI=1S/C16H21N5S/c1-17-16(19-12-14-5-11-22-13-14)21-9-7-20(8-10-21)15-4-2-3-6-18-15/h2-6,11,13H,7-10,12H2,1H3,(H,17,19). The van der Waals surface area contributed by atoms with Crippen LogP contribution in [-0.4, -0.2) is 49.1 Å². The maximum atomic E-state index is 4.43. The van der Waals surface area contributed by atoms with E-state index in [0.717, 1.165) is 44.5 Å². The minimum atomic E-state index is 0.830. The minimum absolute atomic E-state index is 0.830. The molecule has 116 valence electrons. The van der Waals surface area contributed by atoms with Gasteiger partial charge in [-0.25, -0.2) is 4.98 Å². The number of piperazine rings is 1. The van der Waals surface area contributed by atoms with E-state index in [0.29, 0.717) is 0 Å². The molecular weight excluding hydrogens is 294 g/mol. The maximum absolute atomic E-state index is 4.43. The van der Waals surface area contributed by atoms with E-state index in [9.17, 15) is 0 Å². The van der Waals surface area contributed by atoms with Crippen LogP contribution in [0.15, 0.2) is 46.2 Å². The Morgan fingerprint density at radius 3 is 2.77 bits per heavy atom. The van der Waals surface area contributed by atoms with Gasteiger partial charge in [-0.1, -0.05) is 6.07 Å². The fourth-order valence-electron chi connectivity index (χ4n) is 2.59. The molecule has 1 aliphatic heterocycles. The number of hydrogen-bond donors (Lipinski definition) is 1. The number of aliphatic imine (C=N–C) groups is 1. The van der Waals surface area contributed by atoms with E-state index in [1.165, 1.54) is 5.56 Å². The van der Waals surface area contributed by atoms with Gasteiger partial charge < -0.3 is 15.1 Å². The van der Waals surface area contributed by atoms with Crippen LogP contribution in [0.1, 0.15) is 5.56 Å². The Hall–Kier alpha value is -2.08. The number of pyridine rings is 1. The highest BCUT2D eigenvalue weighted by Crippen LogP contribution is 2.12. The van der Waals surface area contributed by atoms with Crippen molar-refractivity contribution in [1.82, 2.24) is 15.2 Å². The van der Waals surface area contributed by atoms with Gasteiger partial charge in [0.2, 0.25) is 0 Å². The molecule has 1 aliphatic rings. The molecule has 0 bridgehead atoms. The highest BCUT2D eigenvalue weighted by atomic mass is 32.1. The van der Waals surface area contributed by atoms with Crippen molar-refractivity contribution in [2.75, 3.05) is 38.1 Å². The smallest absolute Gasteiger partial charge is 0.194 e. The van der Waals surface area contributed by atoms with Crippen LogP contribution in [0, 0.1) is 0 Å². The van der Waals surface area contributed by atoms with Crippen molar-refractivity contribution in [3.05, 3.63) is 46.8 Å². The van der Waals surface area contributed by atoms with Gasteiger partial charge in [0.05, 0.1) is 0 Å². The first-order valence-corrected chi connectivity index (χ1v) is 8.44. The second-order valence-corrected chi connectivity index (χ2v) is 5.97. The van der Waals surface area contributed by atoms with Crippen molar-refractivity contribution in [1.29, 1.82) is 0 Å². The Bertz CT molecular complexity index is 588. The minimum Gasteiger partial charge on any atom is -0.353 e. The molecule has 0 aliphatic carbocycles. The molecule has 6 heteroatoms. The zero-order valence-electron chi connectivity index (χ0n) is 12.8. The second kappa shape index (κ2) is 7.26. The van der Waals surface area contributed by atoms with Gasteiger partial charge in [-0.15, -0.1) is 0 Å². The number of nitrogens with zero attached hydrogens (tertiary/aromatic N) is 4. The molecule has 0 saturated carbocycles. The van der Waals surface area contributed by atoms with Crippen LogP contribution in [-0.2, 0) is 6.54 Å². The molecule has 0 aromatic carbocycles.